The number of likely N-dealkylation sites (tertiary alicyclic amines) is 1. The summed E-state index contributed by atoms with van der Waals surface area (Å²) in [5.74, 6) is -2.13. The van der Waals surface area contributed by atoms with Crippen LogP contribution < -0.4 is 0 Å². The van der Waals surface area contributed by atoms with Crippen LogP contribution in [0.5, 0.6) is 0 Å². The van der Waals surface area contributed by atoms with Crippen LogP contribution in [0.3, 0.4) is 0 Å². The standard InChI is InChI=1S/C12H9FN2O2/c13-10-3-1-8(2-4-10)11(16)15-6-5-9(7-14)12(15)17/h1-4,9H,5-6H2/t9-/m0/s1. The van der Waals surface area contributed by atoms with Crippen molar-refractivity contribution in [3.8, 4) is 6.07 Å². The van der Waals surface area contributed by atoms with E-state index in [1.54, 1.807) is 0 Å². The molecule has 1 aromatic rings. The largest absolute Gasteiger partial charge is 0.277 e. The van der Waals surface area contributed by atoms with Crippen molar-refractivity contribution in [2.45, 2.75) is 6.42 Å². The van der Waals surface area contributed by atoms with Gasteiger partial charge in [-0.25, -0.2) is 4.39 Å². The van der Waals surface area contributed by atoms with Gasteiger partial charge in [0.1, 0.15) is 11.7 Å². The van der Waals surface area contributed by atoms with Gasteiger partial charge in [0.05, 0.1) is 6.07 Å². The Balaban J connectivity index is 2.20. The number of amides is 2. The van der Waals surface area contributed by atoms with E-state index in [9.17, 15) is 14.0 Å². The minimum atomic E-state index is -0.737. The number of carbonyl (C=O) groups is 2. The van der Waals surface area contributed by atoms with Crippen molar-refractivity contribution in [2.24, 2.45) is 5.92 Å². The Morgan fingerprint density at radius 2 is 2.06 bits per heavy atom. The number of halogens is 1. The van der Waals surface area contributed by atoms with E-state index in [4.69, 9.17) is 5.26 Å². The second kappa shape index (κ2) is 4.34. The first-order valence-corrected chi connectivity index (χ1v) is 5.14. The Morgan fingerprint density at radius 3 is 2.59 bits per heavy atom. The summed E-state index contributed by atoms with van der Waals surface area (Å²) in [7, 11) is 0. The van der Waals surface area contributed by atoms with E-state index in [2.05, 4.69) is 0 Å². The summed E-state index contributed by atoms with van der Waals surface area (Å²) in [6.45, 7) is 0.243. The molecule has 1 aliphatic rings. The maximum Gasteiger partial charge on any atom is 0.260 e. The van der Waals surface area contributed by atoms with Crippen LogP contribution in [-0.4, -0.2) is 23.3 Å². The second-order valence-corrected chi connectivity index (χ2v) is 3.77. The predicted molar refractivity (Wildman–Crippen MR) is 56.2 cm³/mol. The van der Waals surface area contributed by atoms with E-state index in [0.29, 0.717) is 6.42 Å². The molecule has 4 nitrogen and oxygen atoms in total. The molecule has 17 heavy (non-hydrogen) atoms. The molecule has 1 atom stereocenters. The third-order valence-electron chi connectivity index (χ3n) is 2.70. The average molecular weight is 232 g/mol. The third kappa shape index (κ3) is 2.02. The lowest BCUT2D eigenvalue weighted by atomic mass is 10.1. The molecule has 1 aliphatic heterocycles. The Bertz CT molecular complexity index is 504. The van der Waals surface area contributed by atoms with Gasteiger partial charge in [0.25, 0.3) is 5.91 Å². The van der Waals surface area contributed by atoms with E-state index < -0.39 is 23.5 Å². The quantitative estimate of drug-likeness (QED) is 0.686. The predicted octanol–water partition coefficient (Wildman–Crippen LogP) is 1.34. The molecular weight excluding hydrogens is 223 g/mol. The van der Waals surface area contributed by atoms with Crippen molar-refractivity contribution in [1.29, 1.82) is 5.26 Å². The number of carbonyl (C=O) groups excluding carboxylic acids is 2. The first-order chi connectivity index (χ1) is 8.13. The van der Waals surface area contributed by atoms with Gasteiger partial charge in [0, 0.05) is 12.1 Å². The summed E-state index contributed by atoms with van der Waals surface area (Å²) < 4.78 is 12.7. The molecule has 5 heteroatoms. The van der Waals surface area contributed by atoms with Crippen molar-refractivity contribution >= 4 is 11.8 Å². The highest BCUT2D eigenvalue weighted by Crippen LogP contribution is 2.19. The molecule has 86 valence electrons. The Hall–Kier alpha value is -2.22. The van der Waals surface area contributed by atoms with E-state index in [1.165, 1.54) is 12.1 Å². The molecule has 0 saturated carbocycles. The summed E-state index contributed by atoms with van der Waals surface area (Å²) in [5.41, 5.74) is 0.248. The van der Waals surface area contributed by atoms with E-state index in [1.807, 2.05) is 6.07 Å². The topological polar surface area (TPSA) is 61.2 Å². The Kier molecular flexibility index (Phi) is 2.88. The summed E-state index contributed by atoms with van der Waals surface area (Å²) in [5, 5.41) is 8.68. The second-order valence-electron chi connectivity index (χ2n) is 3.77. The molecule has 2 amide bonds. The molecule has 0 radical (unpaired) electrons. The van der Waals surface area contributed by atoms with E-state index in [0.717, 1.165) is 17.0 Å². The Labute approximate surface area is 97.3 Å². The van der Waals surface area contributed by atoms with Crippen LogP contribution in [0.4, 0.5) is 4.39 Å². The van der Waals surface area contributed by atoms with Gasteiger partial charge in [-0.1, -0.05) is 0 Å². The average Bonchev–Trinajstić information content (AvgIpc) is 2.70. The van der Waals surface area contributed by atoms with Crippen molar-refractivity contribution in [1.82, 2.24) is 4.90 Å². The number of rotatable bonds is 1. The van der Waals surface area contributed by atoms with Gasteiger partial charge in [-0.15, -0.1) is 0 Å². The van der Waals surface area contributed by atoms with Crippen LogP contribution in [0.15, 0.2) is 24.3 Å². The zero-order valence-corrected chi connectivity index (χ0v) is 8.89. The number of hydrogen-bond acceptors (Lipinski definition) is 3. The fourth-order valence-corrected chi connectivity index (χ4v) is 1.75. The van der Waals surface area contributed by atoms with Gasteiger partial charge in [-0.05, 0) is 30.7 Å². The number of nitrogens with zero attached hydrogens (tertiary/aromatic N) is 2. The molecule has 1 fully saturated rings. The molecule has 0 bridgehead atoms. The fraction of sp³-hybridized carbons (Fsp3) is 0.250. The summed E-state index contributed by atoms with van der Waals surface area (Å²) in [6, 6.07) is 6.83. The first kappa shape index (κ1) is 11.3. The normalized spacial score (nSPS) is 19.2. The fourth-order valence-electron chi connectivity index (χ4n) is 1.75. The van der Waals surface area contributed by atoms with Crippen LogP contribution in [-0.2, 0) is 4.79 Å². The van der Waals surface area contributed by atoms with Gasteiger partial charge in [0.2, 0.25) is 5.91 Å². The van der Waals surface area contributed by atoms with Crippen LogP contribution >= 0.6 is 0 Å². The van der Waals surface area contributed by atoms with Crippen molar-refractivity contribution in [2.75, 3.05) is 6.54 Å². The number of hydrogen-bond donors (Lipinski definition) is 0. The van der Waals surface area contributed by atoms with Crippen molar-refractivity contribution in [3.05, 3.63) is 35.6 Å². The SMILES string of the molecule is N#C[C@@H]1CCN(C(=O)c2ccc(F)cc2)C1=O. The van der Waals surface area contributed by atoms with Crippen LogP contribution in [0.25, 0.3) is 0 Å². The molecule has 0 aliphatic carbocycles. The van der Waals surface area contributed by atoms with Crippen molar-refractivity contribution < 1.29 is 14.0 Å². The molecule has 2 rings (SSSR count). The zero-order valence-electron chi connectivity index (χ0n) is 8.89. The van der Waals surface area contributed by atoms with E-state index in [-0.39, 0.29) is 12.1 Å². The van der Waals surface area contributed by atoms with Gasteiger partial charge in [0.15, 0.2) is 0 Å². The van der Waals surface area contributed by atoms with Gasteiger partial charge in [-0.3, -0.25) is 14.5 Å². The molecule has 0 N–H and O–H groups in total. The smallest absolute Gasteiger partial charge is 0.260 e. The number of benzene rings is 1. The maximum absolute atomic E-state index is 12.7. The molecule has 1 heterocycles. The lowest BCUT2D eigenvalue weighted by Gasteiger charge is -2.13. The van der Waals surface area contributed by atoms with E-state index >= 15 is 0 Å². The minimum absolute atomic E-state index is 0.243. The number of imide groups is 1. The first-order valence-electron chi connectivity index (χ1n) is 5.14. The van der Waals surface area contributed by atoms with Gasteiger partial charge in [-0.2, -0.15) is 5.26 Å². The van der Waals surface area contributed by atoms with Crippen LogP contribution in [0.2, 0.25) is 0 Å². The molecular formula is C12H9FN2O2. The maximum atomic E-state index is 12.7. The lowest BCUT2D eigenvalue weighted by molar-refractivity contribution is -0.127. The molecule has 0 spiro atoms. The molecule has 0 unspecified atom stereocenters. The van der Waals surface area contributed by atoms with Crippen LogP contribution in [0.1, 0.15) is 16.8 Å². The highest BCUT2D eigenvalue weighted by molar-refractivity contribution is 6.06. The minimum Gasteiger partial charge on any atom is -0.277 e. The summed E-state index contributed by atoms with van der Waals surface area (Å²) >= 11 is 0. The summed E-state index contributed by atoms with van der Waals surface area (Å²) in [4.78, 5) is 24.6. The molecule has 0 aromatic heterocycles. The highest BCUT2D eigenvalue weighted by atomic mass is 19.1. The monoisotopic (exact) mass is 232 g/mol. The van der Waals surface area contributed by atoms with Gasteiger partial charge < -0.3 is 0 Å². The number of nitriles is 1. The molecule has 1 saturated heterocycles. The van der Waals surface area contributed by atoms with Crippen molar-refractivity contribution in [3.63, 3.8) is 0 Å². The highest BCUT2D eigenvalue weighted by Gasteiger charge is 2.35. The third-order valence-corrected chi connectivity index (χ3v) is 2.70. The zero-order chi connectivity index (χ0) is 12.4. The molecule has 1 aromatic carbocycles. The summed E-state index contributed by atoms with van der Waals surface area (Å²) in [6.07, 6.45) is 0.363. The lowest BCUT2D eigenvalue weighted by Crippen LogP contribution is -2.33. The van der Waals surface area contributed by atoms with Gasteiger partial charge >= 0.3 is 0 Å². The Morgan fingerprint density at radius 1 is 1.41 bits per heavy atom. The van der Waals surface area contributed by atoms with Crippen LogP contribution in [0, 0.1) is 23.1 Å².